The summed E-state index contributed by atoms with van der Waals surface area (Å²) in [6, 6.07) is 0.698. The molecule has 0 amide bonds. The molecule has 0 aromatic heterocycles. The van der Waals surface area contributed by atoms with Crippen LogP contribution in [0.3, 0.4) is 0 Å². The fourth-order valence-corrected chi connectivity index (χ4v) is 4.24. The lowest BCUT2D eigenvalue weighted by Gasteiger charge is -2.33. The van der Waals surface area contributed by atoms with Crippen molar-refractivity contribution in [2.75, 3.05) is 39.9 Å². The van der Waals surface area contributed by atoms with Crippen molar-refractivity contribution in [1.82, 2.24) is 10.2 Å². The van der Waals surface area contributed by atoms with Gasteiger partial charge in [0.25, 0.3) is 0 Å². The minimum absolute atomic E-state index is 0.464. The fourth-order valence-electron chi connectivity index (χ4n) is 4.24. The summed E-state index contributed by atoms with van der Waals surface area (Å²) in [4.78, 5) is 2.68. The molecule has 0 aromatic rings. The Kier molecular flexibility index (Phi) is 5.88. The van der Waals surface area contributed by atoms with Gasteiger partial charge < -0.3 is 15.0 Å². The minimum Gasteiger partial charge on any atom is -0.384 e. The van der Waals surface area contributed by atoms with Crippen molar-refractivity contribution in [3.05, 3.63) is 0 Å². The van der Waals surface area contributed by atoms with Gasteiger partial charge in [-0.05, 0) is 56.0 Å². The zero-order valence-corrected chi connectivity index (χ0v) is 14.0. The maximum atomic E-state index is 5.31. The van der Waals surface area contributed by atoms with E-state index in [2.05, 4.69) is 31.0 Å². The summed E-state index contributed by atoms with van der Waals surface area (Å²) in [5.74, 6) is 1.59. The van der Waals surface area contributed by atoms with Crippen LogP contribution in [0.25, 0.3) is 0 Å². The average molecular weight is 282 g/mol. The Morgan fingerprint density at radius 1 is 1.30 bits per heavy atom. The van der Waals surface area contributed by atoms with E-state index < -0.39 is 0 Å². The molecule has 20 heavy (non-hydrogen) atoms. The molecule has 0 aromatic carbocycles. The third-order valence-electron chi connectivity index (χ3n) is 5.35. The van der Waals surface area contributed by atoms with Gasteiger partial charge >= 0.3 is 0 Å². The van der Waals surface area contributed by atoms with Crippen molar-refractivity contribution in [1.29, 1.82) is 0 Å². The smallest absolute Gasteiger partial charge is 0.0503 e. The Bertz CT molecular complexity index is 293. The number of hydrogen-bond donors (Lipinski definition) is 1. The predicted molar refractivity (Wildman–Crippen MR) is 85.0 cm³/mol. The van der Waals surface area contributed by atoms with E-state index in [1.54, 1.807) is 0 Å². The second-order valence-electron chi connectivity index (χ2n) is 7.59. The van der Waals surface area contributed by atoms with Gasteiger partial charge in [0.15, 0.2) is 0 Å². The zero-order valence-electron chi connectivity index (χ0n) is 14.0. The van der Waals surface area contributed by atoms with Crippen LogP contribution in [0.5, 0.6) is 0 Å². The number of nitrogens with zero attached hydrogens (tertiary/aromatic N) is 1. The van der Waals surface area contributed by atoms with Gasteiger partial charge in [0.05, 0.1) is 6.61 Å². The molecule has 1 N–H and O–H groups in total. The summed E-state index contributed by atoms with van der Waals surface area (Å²) < 4.78 is 5.31. The van der Waals surface area contributed by atoms with E-state index in [0.717, 1.165) is 25.0 Å². The summed E-state index contributed by atoms with van der Waals surface area (Å²) in [5.41, 5.74) is 0.464. The first-order valence-corrected chi connectivity index (χ1v) is 8.51. The Labute approximate surface area is 125 Å². The minimum atomic E-state index is 0.464. The Balaban J connectivity index is 1.85. The third-order valence-corrected chi connectivity index (χ3v) is 5.35. The van der Waals surface area contributed by atoms with E-state index >= 15 is 0 Å². The highest BCUT2D eigenvalue weighted by Gasteiger charge is 2.42. The van der Waals surface area contributed by atoms with Crippen molar-refractivity contribution in [2.45, 2.75) is 52.5 Å². The maximum absolute atomic E-state index is 5.31. The van der Waals surface area contributed by atoms with Crippen molar-refractivity contribution in [3.63, 3.8) is 0 Å². The van der Waals surface area contributed by atoms with E-state index in [1.165, 1.54) is 45.3 Å². The second kappa shape index (κ2) is 7.24. The monoisotopic (exact) mass is 282 g/mol. The Morgan fingerprint density at radius 2 is 2.10 bits per heavy atom. The van der Waals surface area contributed by atoms with Crippen molar-refractivity contribution in [2.24, 2.45) is 17.3 Å². The lowest BCUT2D eigenvalue weighted by atomic mass is 9.84. The van der Waals surface area contributed by atoms with Crippen LogP contribution >= 0.6 is 0 Å². The van der Waals surface area contributed by atoms with Gasteiger partial charge in [-0.2, -0.15) is 0 Å². The summed E-state index contributed by atoms with van der Waals surface area (Å²) in [6.07, 6.45) is 5.31. The molecule has 1 aliphatic heterocycles. The van der Waals surface area contributed by atoms with E-state index in [0.29, 0.717) is 11.5 Å². The molecule has 3 atom stereocenters. The molecule has 0 bridgehead atoms. The van der Waals surface area contributed by atoms with Gasteiger partial charge in [0.1, 0.15) is 0 Å². The molecule has 3 unspecified atom stereocenters. The Hall–Kier alpha value is -0.120. The molecule has 1 saturated carbocycles. The van der Waals surface area contributed by atoms with Crippen molar-refractivity contribution < 1.29 is 4.74 Å². The average Bonchev–Trinajstić information content (AvgIpc) is 2.94. The van der Waals surface area contributed by atoms with Crippen molar-refractivity contribution >= 4 is 0 Å². The van der Waals surface area contributed by atoms with Crippen LogP contribution in [0, 0.1) is 17.3 Å². The van der Waals surface area contributed by atoms with E-state index in [9.17, 15) is 0 Å². The van der Waals surface area contributed by atoms with Crippen LogP contribution in [0.2, 0.25) is 0 Å². The fraction of sp³-hybridized carbons (Fsp3) is 1.00. The molecule has 2 fully saturated rings. The van der Waals surface area contributed by atoms with E-state index in [-0.39, 0.29) is 0 Å². The van der Waals surface area contributed by atoms with Crippen LogP contribution < -0.4 is 5.32 Å². The van der Waals surface area contributed by atoms with Crippen molar-refractivity contribution in [3.8, 4) is 0 Å². The SMILES string of the molecule is CCCNC1C(CN2CCC(COC)C2)CCC1(C)C. The van der Waals surface area contributed by atoms with Gasteiger partial charge in [0, 0.05) is 26.2 Å². The summed E-state index contributed by atoms with van der Waals surface area (Å²) in [7, 11) is 1.83. The highest BCUT2D eigenvalue weighted by Crippen LogP contribution is 2.42. The van der Waals surface area contributed by atoms with Crippen LogP contribution in [0.15, 0.2) is 0 Å². The standard InChI is InChI=1S/C17H34N2O/c1-5-9-18-16-15(6-8-17(16,2)3)12-19-10-7-14(11-19)13-20-4/h14-16,18H,5-13H2,1-4H3. The molecule has 3 heteroatoms. The normalized spacial score (nSPS) is 33.9. The molecule has 0 radical (unpaired) electrons. The molecule has 0 spiro atoms. The first-order valence-electron chi connectivity index (χ1n) is 8.51. The van der Waals surface area contributed by atoms with Gasteiger partial charge in [-0.25, -0.2) is 0 Å². The molecular weight excluding hydrogens is 248 g/mol. The summed E-state index contributed by atoms with van der Waals surface area (Å²) >= 11 is 0. The first kappa shape index (κ1) is 16.3. The quantitative estimate of drug-likeness (QED) is 0.777. The lowest BCUT2D eigenvalue weighted by Crippen LogP contribution is -2.45. The molecule has 1 saturated heterocycles. The number of likely N-dealkylation sites (tertiary alicyclic amines) is 1. The number of rotatable bonds is 7. The number of hydrogen-bond acceptors (Lipinski definition) is 3. The lowest BCUT2D eigenvalue weighted by molar-refractivity contribution is 0.148. The zero-order chi connectivity index (χ0) is 14.6. The summed E-state index contributed by atoms with van der Waals surface area (Å²) in [6.45, 7) is 13.0. The first-order chi connectivity index (χ1) is 9.56. The van der Waals surface area contributed by atoms with Gasteiger partial charge in [0.2, 0.25) is 0 Å². The van der Waals surface area contributed by atoms with Gasteiger partial charge in [-0.1, -0.05) is 20.8 Å². The van der Waals surface area contributed by atoms with Gasteiger partial charge in [-0.15, -0.1) is 0 Å². The highest BCUT2D eigenvalue weighted by molar-refractivity contribution is 4.97. The van der Waals surface area contributed by atoms with E-state index in [1.807, 2.05) is 7.11 Å². The summed E-state index contributed by atoms with van der Waals surface area (Å²) in [5, 5.41) is 3.83. The van der Waals surface area contributed by atoms with Gasteiger partial charge in [-0.3, -0.25) is 0 Å². The third kappa shape index (κ3) is 3.96. The maximum Gasteiger partial charge on any atom is 0.0503 e. The number of nitrogens with one attached hydrogen (secondary N) is 1. The van der Waals surface area contributed by atoms with Crippen LogP contribution in [-0.2, 0) is 4.74 Å². The van der Waals surface area contributed by atoms with Crippen LogP contribution in [0.1, 0.15) is 46.5 Å². The molecule has 2 rings (SSSR count). The molecule has 3 nitrogen and oxygen atoms in total. The Morgan fingerprint density at radius 3 is 2.80 bits per heavy atom. The largest absolute Gasteiger partial charge is 0.384 e. The number of methoxy groups -OCH3 is 1. The molecule has 118 valence electrons. The highest BCUT2D eigenvalue weighted by atomic mass is 16.5. The predicted octanol–water partition coefficient (Wildman–Crippen LogP) is 2.76. The van der Waals surface area contributed by atoms with Crippen LogP contribution in [0.4, 0.5) is 0 Å². The topological polar surface area (TPSA) is 24.5 Å². The molecule has 1 aliphatic carbocycles. The second-order valence-corrected chi connectivity index (χ2v) is 7.59. The molecule has 2 aliphatic rings. The molecule has 1 heterocycles. The van der Waals surface area contributed by atoms with Crippen LogP contribution in [-0.4, -0.2) is 50.8 Å². The molecular formula is C17H34N2O. The van der Waals surface area contributed by atoms with E-state index in [4.69, 9.17) is 4.74 Å². The number of ether oxygens (including phenoxy) is 1.